The number of likely N-dealkylation sites (tertiary alicyclic amines) is 1. The van der Waals surface area contributed by atoms with Crippen LogP contribution < -0.4 is 21.8 Å². The minimum absolute atomic E-state index is 0.0139. The van der Waals surface area contributed by atoms with E-state index in [1.54, 1.807) is 24.3 Å². The summed E-state index contributed by atoms with van der Waals surface area (Å²) in [6, 6.07) is 12.7. The molecular formula is C27H29N5O4. The predicted octanol–water partition coefficient (Wildman–Crippen LogP) is 1.08. The van der Waals surface area contributed by atoms with Gasteiger partial charge in [-0.2, -0.15) is 0 Å². The second kappa shape index (κ2) is 13.7. The molecule has 0 aliphatic carbocycles. The highest BCUT2D eigenvalue weighted by atomic mass is 16.5. The Hall–Kier alpha value is -4.15. The fraction of sp³-hybridized carbons (Fsp3) is 0.296. The number of hydroxylamine groups is 1. The fourth-order valence-corrected chi connectivity index (χ4v) is 3.62. The van der Waals surface area contributed by atoms with Gasteiger partial charge in [0.05, 0.1) is 6.54 Å². The Morgan fingerprint density at radius 1 is 0.917 bits per heavy atom. The molecule has 0 unspecified atom stereocenters. The lowest BCUT2D eigenvalue weighted by atomic mass is 10.1. The number of nitrogens with zero attached hydrogens (tertiary/aromatic N) is 1. The maximum absolute atomic E-state index is 12.2. The summed E-state index contributed by atoms with van der Waals surface area (Å²) in [4.78, 5) is 38.1. The summed E-state index contributed by atoms with van der Waals surface area (Å²) in [5.41, 5.74) is 9.38. The zero-order chi connectivity index (χ0) is 25.8. The van der Waals surface area contributed by atoms with Gasteiger partial charge in [-0.3, -0.25) is 24.5 Å². The van der Waals surface area contributed by atoms with Gasteiger partial charge in [-0.15, -0.1) is 0 Å². The summed E-state index contributed by atoms with van der Waals surface area (Å²) in [6.45, 7) is 2.21. The molecule has 1 fully saturated rings. The molecule has 6 N–H and O–H groups in total. The number of anilines is 1. The van der Waals surface area contributed by atoms with Gasteiger partial charge < -0.3 is 16.4 Å². The topological polar surface area (TPSA) is 137 Å². The summed E-state index contributed by atoms with van der Waals surface area (Å²) >= 11 is 0. The molecule has 1 aliphatic heterocycles. The van der Waals surface area contributed by atoms with Gasteiger partial charge >= 0.3 is 0 Å². The Balaban J connectivity index is 1.50. The van der Waals surface area contributed by atoms with E-state index in [1.807, 2.05) is 24.3 Å². The smallest absolute Gasteiger partial charge is 0.267 e. The van der Waals surface area contributed by atoms with Crippen LogP contribution in [0.5, 0.6) is 0 Å². The van der Waals surface area contributed by atoms with Crippen molar-refractivity contribution in [1.29, 1.82) is 0 Å². The molecule has 2 aromatic rings. The lowest BCUT2D eigenvalue weighted by Crippen LogP contribution is -2.50. The SMILES string of the molecule is NC[C@H](NC(=O)c1ccc(C#CC#Cc2ccc(NC(=O)CN3CCCCC3)cc2)cc1)C(=O)NO. The van der Waals surface area contributed by atoms with Gasteiger partial charge in [-0.1, -0.05) is 18.3 Å². The standard InChI is InChI=1S/C27H29N5O4/c28-18-24(27(35)31-36)30-26(34)22-12-8-20(9-13-22)6-2-3-7-21-10-14-23(15-11-21)29-25(33)19-32-16-4-1-5-17-32/h8-15,24,36H,1,4-5,16-19,28H2,(H,29,33)(H,30,34)(H,31,35)/t24-/m0/s1. The molecule has 3 amide bonds. The second-order valence-electron chi connectivity index (χ2n) is 8.28. The van der Waals surface area contributed by atoms with Crippen LogP contribution in [0.4, 0.5) is 5.69 Å². The Bertz CT molecular complexity index is 1180. The average molecular weight is 488 g/mol. The number of piperidine rings is 1. The number of carbonyl (C=O) groups excluding carboxylic acids is 3. The Labute approximate surface area is 210 Å². The first-order valence-electron chi connectivity index (χ1n) is 11.7. The van der Waals surface area contributed by atoms with Crippen molar-refractivity contribution in [2.75, 3.05) is 31.5 Å². The van der Waals surface area contributed by atoms with Crippen molar-refractivity contribution in [3.8, 4) is 23.7 Å². The van der Waals surface area contributed by atoms with E-state index in [-0.39, 0.29) is 12.5 Å². The zero-order valence-electron chi connectivity index (χ0n) is 19.8. The van der Waals surface area contributed by atoms with Crippen molar-refractivity contribution in [3.05, 3.63) is 65.2 Å². The number of amides is 3. The summed E-state index contributed by atoms with van der Waals surface area (Å²) in [7, 11) is 0. The predicted molar refractivity (Wildman–Crippen MR) is 136 cm³/mol. The van der Waals surface area contributed by atoms with Crippen molar-refractivity contribution in [3.63, 3.8) is 0 Å². The first-order chi connectivity index (χ1) is 17.5. The van der Waals surface area contributed by atoms with Crippen molar-refractivity contribution in [1.82, 2.24) is 15.7 Å². The summed E-state index contributed by atoms with van der Waals surface area (Å²) in [5.74, 6) is 10.1. The molecule has 1 atom stereocenters. The maximum atomic E-state index is 12.2. The molecule has 2 aromatic carbocycles. The van der Waals surface area contributed by atoms with E-state index >= 15 is 0 Å². The second-order valence-corrected chi connectivity index (χ2v) is 8.28. The lowest BCUT2D eigenvalue weighted by molar-refractivity contribution is -0.130. The normalized spacial score (nSPS) is 13.7. The molecule has 0 saturated carbocycles. The molecule has 1 heterocycles. The summed E-state index contributed by atoms with van der Waals surface area (Å²) < 4.78 is 0. The average Bonchev–Trinajstić information content (AvgIpc) is 2.91. The van der Waals surface area contributed by atoms with E-state index in [4.69, 9.17) is 10.9 Å². The molecule has 0 aromatic heterocycles. The van der Waals surface area contributed by atoms with E-state index in [0.717, 1.165) is 37.2 Å². The molecule has 1 aliphatic rings. The van der Waals surface area contributed by atoms with Crippen molar-refractivity contribution in [2.45, 2.75) is 25.3 Å². The van der Waals surface area contributed by atoms with Crippen molar-refractivity contribution < 1.29 is 19.6 Å². The maximum Gasteiger partial charge on any atom is 0.267 e. The van der Waals surface area contributed by atoms with Gasteiger partial charge in [-0.05, 0) is 86.3 Å². The highest BCUT2D eigenvalue weighted by molar-refractivity contribution is 5.97. The highest BCUT2D eigenvalue weighted by Crippen LogP contribution is 2.11. The molecule has 9 nitrogen and oxygen atoms in total. The van der Waals surface area contributed by atoms with Gasteiger partial charge in [0.25, 0.3) is 11.8 Å². The minimum atomic E-state index is -1.04. The number of hydrogen-bond donors (Lipinski definition) is 5. The van der Waals surface area contributed by atoms with Crippen LogP contribution in [0.3, 0.4) is 0 Å². The molecule has 3 rings (SSSR count). The van der Waals surface area contributed by atoms with Crippen LogP contribution in [-0.4, -0.2) is 60.0 Å². The third-order valence-electron chi connectivity index (χ3n) is 5.58. The number of nitrogens with two attached hydrogens (primary N) is 1. The first kappa shape index (κ1) is 26.5. The van der Waals surface area contributed by atoms with Gasteiger partial charge in [0, 0.05) is 28.9 Å². The number of nitrogens with one attached hydrogen (secondary N) is 3. The van der Waals surface area contributed by atoms with Crippen LogP contribution in [0.25, 0.3) is 0 Å². The minimum Gasteiger partial charge on any atom is -0.339 e. The summed E-state index contributed by atoms with van der Waals surface area (Å²) in [5, 5.41) is 14.0. The van der Waals surface area contributed by atoms with Crippen LogP contribution >= 0.6 is 0 Å². The van der Waals surface area contributed by atoms with Crippen LogP contribution in [-0.2, 0) is 9.59 Å². The van der Waals surface area contributed by atoms with Crippen LogP contribution in [0.1, 0.15) is 40.7 Å². The zero-order valence-corrected chi connectivity index (χ0v) is 19.8. The van der Waals surface area contributed by atoms with E-state index in [2.05, 4.69) is 39.2 Å². The number of rotatable bonds is 7. The molecule has 0 spiro atoms. The van der Waals surface area contributed by atoms with Crippen LogP contribution in [0, 0.1) is 23.7 Å². The number of hydrogen-bond acceptors (Lipinski definition) is 6. The molecule has 36 heavy (non-hydrogen) atoms. The van der Waals surface area contributed by atoms with Crippen molar-refractivity contribution >= 4 is 23.4 Å². The van der Waals surface area contributed by atoms with Crippen molar-refractivity contribution in [2.24, 2.45) is 5.73 Å². The molecule has 0 bridgehead atoms. The van der Waals surface area contributed by atoms with E-state index in [0.29, 0.717) is 17.7 Å². The van der Waals surface area contributed by atoms with Crippen LogP contribution in [0.2, 0.25) is 0 Å². The third-order valence-corrected chi connectivity index (χ3v) is 5.58. The lowest BCUT2D eigenvalue weighted by Gasteiger charge is -2.25. The Morgan fingerprint density at radius 3 is 2.06 bits per heavy atom. The third kappa shape index (κ3) is 8.26. The van der Waals surface area contributed by atoms with Gasteiger partial charge in [0.1, 0.15) is 6.04 Å². The Morgan fingerprint density at radius 2 is 1.50 bits per heavy atom. The number of carbonyl (C=O) groups is 3. The quantitative estimate of drug-likeness (QED) is 0.225. The largest absolute Gasteiger partial charge is 0.339 e. The van der Waals surface area contributed by atoms with Gasteiger partial charge in [0.15, 0.2) is 0 Å². The fourth-order valence-electron chi connectivity index (χ4n) is 3.62. The first-order valence-corrected chi connectivity index (χ1v) is 11.7. The van der Waals surface area contributed by atoms with E-state index < -0.39 is 17.9 Å². The monoisotopic (exact) mass is 487 g/mol. The summed E-state index contributed by atoms with van der Waals surface area (Å²) in [6.07, 6.45) is 3.53. The van der Waals surface area contributed by atoms with Crippen LogP contribution in [0.15, 0.2) is 48.5 Å². The molecule has 0 radical (unpaired) electrons. The molecule has 186 valence electrons. The molecular weight excluding hydrogens is 458 g/mol. The highest BCUT2D eigenvalue weighted by Gasteiger charge is 2.19. The van der Waals surface area contributed by atoms with Gasteiger partial charge in [-0.25, -0.2) is 5.48 Å². The molecule has 1 saturated heterocycles. The van der Waals surface area contributed by atoms with E-state index in [9.17, 15) is 14.4 Å². The molecule has 9 heteroatoms. The van der Waals surface area contributed by atoms with E-state index in [1.165, 1.54) is 11.9 Å². The Kier molecular flexibility index (Phi) is 10.0. The number of benzene rings is 2. The van der Waals surface area contributed by atoms with Gasteiger partial charge in [0.2, 0.25) is 5.91 Å².